The van der Waals surface area contributed by atoms with Crippen LogP contribution in [-0.2, 0) is 21.4 Å². The summed E-state index contributed by atoms with van der Waals surface area (Å²) in [5.74, 6) is 0.472. The molecule has 1 amide bonds. The van der Waals surface area contributed by atoms with Gasteiger partial charge in [-0.2, -0.15) is 4.31 Å². The first-order valence-electron chi connectivity index (χ1n) is 9.47. The van der Waals surface area contributed by atoms with Crippen LogP contribution >= 0.6 is 0 Å². The molecule has 0 saturated carbocycles. The van der Waals surface area contributed by atoms with E-state index in [0.29, 0.717) is 25.3 Å². The van der Waals surface area contributed by atoms with Gasteiger partial charge in [0.2, 0.25) is 15.9 Å². The van der Waals surface area contributed by atoms with Gasteiger partial charge in [-0.05, 0) is 42.7 Å². The summed E-state index contributed by atoms with van der Waals surface area (Å²) < 4.78 is 32.8. The van der Waals surface area contributed by atoms with E-state index in [-0.39, 0.29) is 23.3 Å². The second kappa shape index (κ2) is 9.21. The van der Waals surface area contributed by atoms with Gasteiger partial charge >= 0.3 is 0 Å². The average molecular weight is 403 g/mol. The van der Waals surface area contributed by atoms with Crippen molar-refractivity contribution in [2.75, 3.05) is 13.7 Å². The number of carbonyl (C=O) groups excluding carboxylic acids is 1. The fourth-order valence-corrected chi connectivity index (χ4v) is 5.15. The average Bonchev–Trinajstić information content (AvgIpc) is 2.73. The molecule has 1 aliphatic rings. The fourth-order valence-electron chi connectivity index (χ4n) is 3.46. The van der Waals surface area contributed by atoms with Gasteiger partial charge in [0.15, 0.2) is 0 Å². The SMILES string of the molecule is COc1ccc(S(=O)(=O)N2CCCC[C@@H]2CC(=O)NCc2ccccc2)cc1. The van der Waals surface area contributed by atoms with Crippen LogP contribution in [0.3, 0.4) is 0 Å². The van der Waals surface area contributed by atoms with Crippen LogP contribution in [-0.4, -0.2) is 38.3 Å². The molecule has 28 heavy (non-hydrogen) atoms. The van der Waals surface area contributed by atoms with E-state index in [4.69, 9.17) is 4.74 Å². The Morgan fingerprint density at radius 2 is 1.82 bits per heavy atom. The number of nitrogens with zero attached hydrogens (tertiary/aromatic N) is 1. The molecule has 0 bridgehead atoms. The third-order valence-electron chi connectivity index (χ3n) is 4.99. The van der Waals surface area contributed by atoms with Crippen LogP contribution in [0.25, 0.3) is 0 Å². The van der Waals surface area contributed by atoms with Crippen LogP contribution in [0.15, 0.2) is 59.5 Å². The van der Waals surface area contributed by atoms with Crippen molar-refractivity contribution >= 4 is 15.9 Å². The summed E-state index contributed by atoms with van der Waals surface area (Å²) in [6.07, 6.45) is 2.58. The lowest BCUT2D eigenvalue weighted by atomic mass is 10.0. The molecule has 0 aliphatic carbocycles. The minimum Gasteiger partial charge on any atom is -0.497 e. The van der Waals surface area contributed by atoms with Gasteiger partial charge in [-0.3, -0.25) is 4.79 Å². The summed E-state index contributed by atoms with van der Waals surface area (Å²) in [4.78, 5) is 12.7. The smallest absolute Gasteiger partial charge is 0.243 e. The zero-order chi connectivity index (χ0) is 20.0. The van der Waals surface area contributed by atoms with Crippen LogP contribution < -0.4 is 10.1 Å². The summed E-state index contributed by atoms with van der Waals surface area (Å²) in [6.45, 7) is 0.878. The Morgan fingerprint density at radius 1 is 1.11 bits per heavy atom. The molecular formula is C21H26N2O4S. The van der Waals surface area contributed by atoms with E-state index in [1.807, 2.05) is 30.3 Å². The molecule has 1 aliphatic heterocycles. The van der Waals surface area contributed by atoms with Crippen molar-refractivity contribution in [2.24, 2.45) is 0 Å². The zero-order valence-corrected chi connectivity index (χ0v) is 16.8. The lowest BCUT2D eigenvalue weighted by Crippen LogP contribution is -2.45. The second-order valence-electron chi connectivity index (χ2n) is 6.91. The van der Waals surface area contributed by atoms with Crippen molar-refractivity contribution in [1.82, 2.24) is 9.62 Å². The van der Waals surface area contributed by atoms with Crippen molar-refractivity contribution in [3.63, 3.8) is 0 Å². The lowest BCUT2D eigenvalue weighted by Gasteiger charge is -2.34. The Labute approximate surface area is 166 Å². The number of nitrogens with one attached hydrogen (secondary N) is 1. The Hall–Kier alpha value is -2.38. The number of carbonyl (C=O) groups is 1. The van der Waals surface area contributed by atoms with E-state index < -0.39 is 10.0 Å². The zero-order valence-electron chi connectivity index (χ0n) is 16.0. The highest BCUT2D eigenvalue weighted by Gasteiger charge is 2.34. The first-order chi connectivity index (χ1) is 13.5. The van der Waals surface area contributed by atoms with Crippen molar-refractivity contribution in [3.8, 4) is 5.75 Å². The molecule has 1 saturated heterocycles. The number of hydrogen-bond acceptors (Lipinski definition) is 4. The molecule has 2 aromatic carbocycles. The summed E-state index contributed by atoms with van der Waals surface area (Å²) in [7, 11) is -2.11. The maximum absolute atomic E-state index is 13.1. The molecule has 1 fully saturated rings. The monoisotopic (exact) mass is 402 g/mol. The maximum atomic E-state index is 13.1. The summed E-state index contributed by atoms with van der Waals surface area (Å²) in [5.41, 5.74) is 1.02. The van der Waals surface area contributed by atoms with Crippen LogP contribution in [0.5, 0.6) is 5.75 Å². The molecule has 6 nitrogen and oxygen atoms in total. The van der Waals surface area contributed by atoms with Gasteiger partial charge in [-0.25, -0.2) is 8.42 Å². The number of sulfonamides is 1. The van der Waals surface area contributed by atoms with Gasteiger partial charge in [-0.15, -0.1) is 0 Å². The number of amides is 1. The molecule has 1 heterocycles. The van der Waals surface area contributed by atoms with Crippen LogP contribution in [0.2, 0.25) is 0 Å². The van der Waals surface area contributed by atoms with E-state index >= 15 is 0 Å². The largest absolute Gasteiger partial charge is 0.497 e. The molecule has 3 rings (SSSR count). The normalized spacial score (nSPS) is 17.8. The first kappa shape index (κ1) is 20.4. The Kier molecular flexibility index (Phi) is 6.70. The number of hydrogen-bond donors (Lipinski definition) is 1. The molecule has 0 aromatic heterocycles. The molecule has 1 atom stereocenters. The van der Waals surface area contributed by atoms with E-state index in [1.54, 1.807) is 24.3 Å². The minimum absolute atomic E-state index is 0.134. The topological polar surface area (TPSA) is 75.7 Å². The summed E-state index contributed by atoms with van der Waals surface area (Å²) in [5, 5.41) is 2.90. The van der Waals surface area contributed by atoms with E-state index in [9.17, 15) is 13.2 Å². The Bertz CT molecular complexity index is 882. The minimum atomic E-state index is -3.65. The van der Waals surface area contributed by atoms with E-state index in [2.05, 4.69) is 5.32 Å². The molecule has 0 unspecified atom stereocenters. The fraction of sp³-hybridized carbons (Fsp3) is 0.381. The number of piperidine rings is 1. The van der Waals surface area contributed by atoms with Crippen molar-refractivity contribution in [1.29, 1.82) is 0 Å². The highest BCUT2D eigenvalue weighted by Crippen LogP contribution is 2.28. The Balaban J connectivity index is 1.67. The van der Waals surface area contributed by atoms with Gasteiger partial charge in [0.25, 0.3) is 0 Å². The quantitative estimate of drug-likeness (QED) is 0.773. The van der Waals surface area contributed by atoms with Crippen molar-refractivity contribution in [2.45, 2.75) is 43.2 Å². The third kappa shape index (κ3) is 4.91. The molecular weight excluding hydrogens is 376 g/mol. The number of benzene rings is 2. The van der Waals surface area contributed by atoms with Gasteiger partial charge in [0.05, 0.1) is 12.0 Å². The summed E-state index contributed by atoms with van der Waals surface area (Å²) in [6, 6.07) is 15.7. The highest BCUT2D eigenvalue weighted by molar-refractivity contribution is 7.89. The summed E-state index contributed by atoms with van der Waals surface area (Å²) >= 11 is 0. The highest BCUT2D eigenvalue weighted by atomic mass is 32.2. The predicted octanol–water partition coefficient (Wildman–Crippen LogP) is 2.94. The van der Waals surface area contributed by atoms with Crippen molar-refractivity contribution in [3.05, 3.63) is 60.2 Å². The molecule has 7 heteroatoms. The molecule has 1 N–H and O–H groups in total. The van der Waals surface area contributed by atoms with E-state index in [1.165, 1.54) is 11.4 Å². The third-order valence-corrected chi connectivity index (χ3v) is 6.96. The predicted molar refractivity (Wildman–Crippen MR) is 107 cm³/mol. The van der Waals surface area contributed by atoms with Crippen LogP contribution in [0, 0.1) is 0 Å². The van der Waals surface area contributed by atoms with Gasteiger partial charge in [0, 0.05) is 25.6 Å². The maximum Gasteiger partial charge on any atom is 0.243 e. The number of methoxy groups -OCH3 is 1. The standard InChI is InChI=1S/C21H26N2O4S/c1-27-19-10-12-20(13-11-19)28(25,26)23-14-6-5-9-18(23)15-21(24)22-16-17-7-3-2-4-8-17/h2-4,7-8,10-13,18H,5-6,9,14-16H2,1H3,(H,22,24)/t18-/m1/s1. The van der Waals surface area contributed by atoms with Crippen molar-refractivity contribution < 1.29 is 17.9 Å². The number of rotatable bonds is 7. The van der Waals surface area contributed by atoms with Gasteiger partial charge < -0.3 is 10.1 Å². The van der Waals surface area contributed by atoms with E-state index in [0.717, 1.165) is 18.4 Å². The van der Waals surface area contributed by atoms with Gasteiger partial charge in [-0.1, -0.05) is 36.8 Å². The molecule has 0 spiro atoms. The second-order valence-corrected chi connectivity index (χ2v) is 8.80. The van der Waals surface area contributed by atoms with Crippen LogP contribution in [0.4, 0.5) is 0 Å². The van der Waals surface area contributed by atoms with Crippen LogP contribution in [0.1, 0.15) is 31.2 Å². The first-order valence-corrected chi connectivity index (χ1v) is 10.9. The molecule has 2 aromatic rings. The number of ether oxygens (including phenoxy) is 1. The molecule has 0 radical (unpaired) electrons. The Morgan fingerprint density at radius 3 is 2.50 bits per heavy atom. The lowest BCUT2D eigenvalue weighted by molar-refractivity contribution is -0.122. The molecule has 150 valence electrons. The van der Waals surface area contributed by atoms with Gasteiger partial charge in [0.1, 0.15) is 5.75 Å².